The maximum absolute atomic E-state index is 14.7. The van der Waals surface area contributed by atoms with Crippen molar-refractivity contribution in [1.82, 2.24) is 10.2 Å². The molecule has 520 valence electrons. The van der Waals surface area contributed by atoms with Crippen molar-refractivity contribution in [2.75, 3.05) is 127 Å². The number of cyclic esters (lactones) is 1. The van der Waals surface area contributed by atoms with Crippen molar-refractivity contribution < 1.29 is 101 Å². The maximum Gasteiger partial charge on any atom is 0.407 e. The summed E-state index contributed by atoms with van der Waals surface area (Å²) in [6.45, 7) is 21.1. The molecule has 2 bridgehead atoms. The largest absolute Gasteiger partial charge is 0.460 e. The third-order valence-electron chi connectivity index (χ3n) is 17.7. The minimum atomic E-state index is -2.47. The standard InChI is InChI=1S/C68H112N2O21/c1-12-82-28-29-84-32-33-86-36-37-88-39-38-87-35-34-85-31-30-83-27-25-69-67(77)90-57-24-22-53(43-60(57)80-10)42-49(5)59-45-56(71)48(4)41-51(7)62(73)63(81-11)61(72)50(6)40-46(2)18-14-13-15-19-47(3)58(79-9)44-54-23-21-52(8)68(78,91-54)64(74)65(75)70-26-17-16-20-55(70)66(76)89-59/h13-15,18-19,41,46,48-50,52-55,57-60,62-63,73,78H,12,16-17,20-40,42-45H2,1-11H3,(H,69,77)/b15-13+,18-14+,47-19+,51-41+/t46-,48-,49-,50-,52-,53+,54+,55+,57?,58?,59+,60-,62-,63+,68-/m1/s1. The second kappa shape index (κ2) is 43.6. The Morgan fingerprint density at radius 2 is 1.33 bits per heavy atom. The van der Waals surface area contributed by atoms with Crippen LogP contribution in [-0.2, 0) is 85.6 Å². The molecule has 0 aromatic heterocycles. The summed E-state index contributed by atoms with van der Waals surface area (Å²) in [6.07, 6.45) is 9.61. The van der Waals surface area contributed by atoms with Crippen LogP contribution in [0.25, 0.3) is 0 Å². The van der Waals surface area contributed by atoms with Crippen LogP contribution in [0.3, 0.4) is 0 Å². The normalized spacial score (nSPS) is 32.2. The van der Waals surface area contributed by atoms with Crippen molar-refractivity contribution in [1.29, 1.82) is 0 Å². The molecular weight excluding hydrogens is 1180 g/mol. The molecule has 3 aliphatic heterocycles. The smallest absolute Gasteiger partial charge is 0.407 e. The van der Waals surface area contributed by atoms with E-state index >= 15 is 0 Å². The number of hydrogen-bond acceptors (Lipinski definition) is 21. The zero-order chi connectivity index (χ0) is 66.7. The number of nitrogens with zero attached hydrogens (tertiary/aromatic N) is 1. The van der Waals surface area contributed by atoms with Crippen LogP contribution in [-0.4, -0.2) is 232 Å². The summed E-state index contributed by atoms with van der Waals surface area (Å²) in [4.78, 5) is 86.0. The lowest BCUT2D eigenvalue weighted by Crippen LogP contribution is -2.61. The van der Waals surface area contributed by atoms with E-state index < -0.39 is 102 Å². The topological polar surface area (TPSA) is 278 Å². The van der Waals surface area contributed by atoms with Crippen LogP contribution < -0.4 is 5.32 Å². The van der Waals surface area contributed by atoms with E-state index in [1.165, 1.54) is 12.0 Å². The molecule has 1 aliphatic carbocycles. The zero-order valence-electron chi connectivity index (χ0n) is 56.4. The van der Waals surface area contributed by atoms with Gasteiger partial charge in [-0.3, -0.25) is 19.2 Å². The molecule has 0 aromatic carbocycles. The van der Waals surface area contributed by atoms with Crippen LogP contribution in [0.4, 0.5) is 4.79 Å². The SMILES string of the molecule is CCOCCOCCOCCOCCOCCOCCOCCNC(=O)OC1CC[C@@H](C[C@@H](C)[C@@H]2CC(=O)[C@H](C)/C=C(\C)[C@@H](O)[C@@H](OC)C(=O)[C@H](C)C[C@H](C)/C=C/C=C/C=C(\C)C(OC)C[C@@H]3CC[C@@H](C)[C@@](O)(O3)C(=O)C(=O)N3CCCC[C@H]3C(=O)O2)C[C@H]1OC. The fourth-order valence-electron chi connectivity index (χ4n) is 12.1. The van der Waals surface area contributed by atoms with E-state index in [0.29, 0.717) is 156 Å². The van der Waals surface area contributed by atoms with E-state index in [1.54, 1.807) is 48.0 Å². The Kier molecular flexibility index (Phi) is 37.9. The summed E-state index contributed by atoms with van der Waals surface area (Å²) in [5, 5.41) is 26.4. The number of Topliss-reactive ketones (excluding diaryl/α,β-unsaturated/α-hetero) is 3. The average molecular weight is 1290 g/mol. The Balaban J connectivity index is 1.38. The number of aliphatic hydroxyl groups excluding tert-OH is 1. The predicted molar refractivity (Wildman–Crippen MR) is 339 cm³/mol. The van der Waals surface area contributed by atoms with Gasteiger partial charge in [0.2, 0.25) is 5.79 Å². The molecule has 91 heavy (non-hydrogen) atoms. The third-order valence-corrected chi connectivity index (χ3v) is 17.7. The van der Waals surface area contributed by atoms with E-state index in [0.717, 1.165) is 5.57 Å². The highest BCUT2D eigenvalue weighted by molar-refractivity contribution is 6.39. The number of methoxy groups -OCH3 is 3. The number of hydrogen-bond donors (Lipinski definition) is 3. The average Bonchev–Trinajstić information content (AvgIpc) is 1.05. The summed E-state index contributed by atoms with van der Waals surface area (Å²) in [5.41, 5.74) is 1.22. The number of carbonyl (C=O) groups excluding carboxylic acids is 6. The van der Waals surface area contributed by atoms with Crippen molar-refractivity contribution in [3.8, 4) is 0 Å². The summed E-state index contributed by atoms with van der Waals surface area (Å²) in [7, 11) is 4.50. The minimum Gasteiger partial charge on any atom is -0.460 e. The summed E-state index contributed by atoms with van der Waals surface area (Å²) < 4.78 is 74.1. The number of ether oxygens (including phenoxy) is 13. The Bertz CT molecular complexity index is 2300. The number of rotatable bonds is 29. The van der Waals surface area contributed by atoms with Crippen molar-refractivity contribution in [3.05, 3.63) is 47.6 Å². The molecule has 23 heteroatoms. The monoisotopic (exact) mass is 1290 g/mol. The molecule has 0 radical (unpaired) electrons. The number of allylic oxidation sites excluding steroid dienone is 6. The summed E-state index contributed by atoms with van der Waals surface area (Å²) in [5.74, 6) is -8.53. The number of ketones is 3. The van der Waals surface area contributed by atoms with E-state index in [-0.39, 0.29) is 55.9 Å². The van der Waals surface area contributed by atoms with E-state index in [4.69, 9.17) is 61.6 Å². The van der Waals surface area contributed by atoms with Crippen LogP contribution in [0.2, 0.25) is 0 Å². The van der Waals surface area contributed by atoms with Gasteiger partial charge in [0.1, 0.15) is 36.2 Å². The van der Waals surface area contributed by atoms with Gasteiger partial charge in [0.15, 0.2) is 5.78 Å². The lowest BCUT2D eigenvalue weighted by atomic mass is 9.78. The van der Waals surface area contributed by atoms with Gasteiger partial charge in [0.25, 0.3) is 11.7 Å². The van der Waals surface area contributed by atoms with Gasteiger partial charge in [-0.25, -0.2) is 9.59 Å². The highest BCUT2D eigenvalue weighted by Gasteiger charge is 2.53. The van der Waals surface area contributed by atoms with Gasteiger partial charge < -0.3 is 82.0 Å². The Labute approximate surface area is 541 Å². The number of nitrogens with one attached hydrogen (secondary N) is 1. The number of carbonyl (C=O) groups is 6. The van der Waals surface area contributed by atoms with Crippen LogP contribution in [0.15, 0.2) is 47.6 Å². The molecule has 15 atom stereocenters. The van der Waals surface area contributed by atoms with Gasteiger partial charge in [-0.05, 0) is 114 Å². The molecule has 2 unspecified atom stereocenters. The molecule has 4 rings (SSSR count). The fraction of sp³-hybridized carbons (Fsp3) is 0.794. The van der Waals surface area contributed by atoms with Crippen molar-refractivity contribution >= 4 is 35.3 Å². The zero-order valence-corrected chi connectivity index (χ0v) is 56.4. The van der Waals surface area contributed by atoms with E-state index in [1.807, 2.05) is 58.1 Å². The Hall–Kier alpha value is -4.34. The highest BCUT2D eigenvalue weighted by Crippen LogP contribution is 2.38. The van der Waals surface area contributed by atoms with Crippen LogP contribution in [0, 0.1) is 35.5 Å². The molecule has 3 N–H and O–H groups in total. The second-order valence-electron chi connectivity index (χ2n) is 24.8. The third kappa shape index (κ3) is 27.5. The number of alkyl carbamates (subject to hydrolysis) is 1. The highest BCUT2D eigenvalue weighted by atomic mass is 16.6. The number of esters is 1. The molecule has 23 nitrogen and oxygen atoms in total. The van der Waals surface area contributed by atoms with Crippen molar-refractivity contribution in [2.24, 2.45) is 35.5 Å². The molecule has 1 saturated carbocycles. The van der Waals surface area contributed by atoms with Gasteiger partial charge in [-0.2, -0.15) is 0 Å². The molecule has 3 fully saturated rings. The first-order chi connectivity index (χ1) is 43.7. The second-order valence-corrected chi connectivity index (χ2v) is 24.8. The summed E-state index contributed by atoms with van der Waals surface area (Å²) in [6, 6.07) is -1.20. The van der Waals surface area contributed by atoms with Crippen molar-refractivity contribution in [3.63, 3.8) is 0 Å². The molecule has 3 heterocycles. The molecular formula is C68H112N2O21. The lowest BCUT2D eigenvalue weighted by molar-refractivity contribution is -0.265. The Morgan fingerprint density at radius 3 is 1.92 bits per heavy atom. The van der Waals surface area contributed by atoms with Gasteiger partial charge in [-0.1, -0.05) is 71.1 Å². The number of amides is 2. The molecule has 4 aliphatic rings. The van der Waals surface area contributed by atoms with Crippen LogP contribution in [0.5, 0.6) is 0 Å². The van der Waals surface area contributed by atoms with E-state index in [2.05, 4.69) is 5.32 Å². The van der Waals surface area contributed by atoms with Crippen LogP contribution >= 0.6 is 0 Å². The molecule has 0 aromatic rings. The summed E-state index contributed by atoms with van der Waals surface area (Å²) >= 11 is 0. The van der Waals surface area contributed by atoms with E-state index in [9.17, 15) is 39.0 Å². The fourth-order valence-corrected chi connectivity index (χ4v) is 12.1. The quantitative estimate of drug-likeness (QED) is 0.0293. The lowest BCUT2D eigenvalue weighted by Gasteiger charge is -2.42. The van der Waals surface area contributed by atoms with Gasteiger partial charge in [0.05, 0.1) is 104 Å². The minimum absolute atomic E-state index is 0.00555. The molecule has 2 saturated heterocycles. The van der Waals surface area contributed by atoms with Gasteiger partial charge in [0, 0.05) is 71.6 Å². The predicted octanol–water partition coefficient (Wildman–Crippen LogP) is 7.05. The number of fused-ring (bicyclic) bond motifs is 3. The van der Waals surface area contributed by atoms with Gasteiger partial charge in [-0.15, -0.1) is 0 Å². The maximum atomic E-state index is 14.7. The van der Waals surface area contributed by atoms with Crippen molar-refractivity contribution in [2.45, 2.75) is 187 Å². The number of piperidine rings is 1. The first-order valence-electron chi connectivity index (χ1n) is 33.2. The van der Waals surface area contributed by atoms with Crippen LogP contribution in [0.1, 0.15) is 132 Å². The van der Waals surface area contributed by atoms with Gasteiger partial charge >= 0.3 is 12.1 Å². The first kappa shape index (κ1) is 79.1. The number of aliphatic hydroxyl groups is 2. The molecule has 0 spiro atoms. The Morgan fingerprint density at radius 1 is 0.714 bits per heavy atom. The first-order valence-corrected chi connectivity index (χ1v) is 33.2. The molecule has 2 amide bonds.